The van der Waals surface area contributed by atoms with Crippen LogP contribution < -0.4 is 0 Å². The Hall–Kier alpha value is -2.05. The van der Waals surface area contributed by atoms with Crippen molar-refractivity contribution in [3.63, 3.8) is 0 Å². The van der Waals surface area contributed by atoms with Crippen LogP contribution in [0.5, 0.6) is 0 Å². The van der Waals surface area contributed by atoms with E-state index in [9.17, 15) is 9.59 Å². The second-order valence-electron chi connectivity index (χ2n) is 14.1. The van der Waals surface area contributed by atoms with Crippen LogP contribution in [0.15, 0.2) is 53.9 Å². The van der Waals surface area contributed by atoms with E-state index in [2.05, 4.69) is 71.2 Å². The van der Waals surface area contributed by atoms with Crippen LogP contribution in [-0.4, -0.2) is 29.4 Å². The predicted molar refractivity (Wildman–Crippen MR) is 179 cm³/mol. The van der Waals surface area contributed by atoms with Crippen LogP contribution >= 0.6 is 23.1 Å². The summed E-state index contributed by atoms with van der Waals surface area (Å²) in [6.07, 6.45) is 8.20. The SMILES string of the molecule is CC(C)[C@@H]1CC[C@@H](C)C[C@H]1OC(=O)[C@@H]1[C@@H](C(=O)O[C@@H]2C[C@H](C)CC[C@H]2C(C)C)SC(c2cccs2)=C[C@@H]1c1ccccc1. The lowest BCUT2D eigenvalue weighted by Crippen LogP contribution is -2.45. The van der Waals surface area contributed by atoms with E-state index in [-0.39, 0.29) is 30.1 Å². The van der Waals surface area contributed by atoms with Gasteiger partial charge in [0.2, 0.25) is 0 Å². The number of allylic oxidation sites excluding steroid dienone is 1. The summed E-state index contributed by atoms with van der Waals surface area (Å²) in [5.41, 5.74) is 1.03. The number of thioether (sulfide) groups is 1. The van der Waals surface area contributed by atoms with Crippen molar-refractivity contribution >= 4 is 39.9 Å². The van der Waals surface area contributed by atoms with Crippen LogP contribution in [0, 0.1) is 41.4 Å². The van der Waals surface area contributed by atoms with E-state index < -0.39 is 11.2 Å². The molecule has 0 unspecified atom stereocenters. The molecule has 2 saturated carbocycles. The second kappa shape index (κ2) is 14.4. The minimum absolute atomic E-state index is 0.121. The summed E-state index contributed by atoms with van der Waals surface area (Å²) in [6.45, 7) is 13.4. The van der Waals surface area contributed by atoms with E-state index in [0.29, 0.717) is 35.5 Å². The Labute approximate surface area is 267 Å². The molecule has 5 rings (SSSR count). The molecule has 0 spiro atoms. The molecule has 1 aromatic carbocycles. The minimum Gasteiger partial charge on any atom is -0.462 e. The molecule has 3 aliphatic rings. The molecule has 4 nitrogen and oxygen atoms in total. The fraction of sp³-hybridized carbons (Fsp3) is 0.622. The molecule has 1 aromatic heterocycles. The van der Waals surface area contributed by atoms with E-state index in [0.717, 1.165) is 41.0 Å². The second-order valence-corrected chi connectivity index (χ2v) is 16.2. The zero-order chi connectivity index (χ0) is 30.7. The van der Waals surface area contributed by atoms with Gasteiger partial charge in [0.05, 0.1) is 5.92 Å². The average molecular weight is 623 g/mol. The van der Waals surface area contributed by atoms with Crippen LogP contribution in [0.4, 0.5) is 0 Å². The molecule has 234 valence electrons. The Kier molecular flexibility index (Phi) is 10.8. The standard InChI is InChI=1S/C37H50O4S2/c1-22(2)27-16-14-24(5)19-30(27)40-36(38)34-29(26-11-8-7-9-12-26)21-33(32-13-10-18-42-32)43-35(34)37(39)41-31-20-25(6)15-17-28(31)23(3)4/h7-13,18,21-25,27-31,34-35H,14-17,19-20H2,1-6H3/t24-,25-,27+,28+,29-,30-,31-,34+,35+/m1/s1. The summed E-state index contributed by atoms with van der Waals surface area (Å²) in [7, 11) is 0. The lowest BCUT2D eigenvalue weighted by molar-refractivity contribution is -0.167. The Balaban J connectivity index is 1.51. The van der Waals surface area contributed by atoms with Crippen molar-refractivity contribution in [3.8, 4) is 0 Å². The van der Waals surface area contributed by atoms with Crippen molar-refractivity contribution in [1.29, 1.82) is 0 Å². The van der Waals surface area contributed by atoms with Crippen molar-refractivity contribution in [2.75, 3.05) is 0 Å². The zero-order valence-corrected chi connectivity index (χ0v) is 28.4. The summed E-state index contributed by atoms with van der Waals surface area (Å²) in [5.74, 6) is 1.12. The van der Waals surface area contributed by atoms with Gasteiger partial charge >= 0.3 is 11.9 Å². The fourth-order valence-electron chi connectivity index (χ4n) is 7.65. The number of esters is 2. The highest BCUT2D eigenvalue weighted by Crippen LogP contribution is 2.50. The number of hydrogen-bond acceptors (Lipinski definition) is 6. The highest BCUT2D eigenvalue weighted by atomic mass is 32.2. The number of ether oxygens (including phenoxy) is 2. The first-order valence-corrected chi connectivity index (χ1v) is 18.3. The molecule has 2 heterocycles. The molecule has 9 atom stereocenters. The zero-order valence-electron chi connectivity index (χ0n) is 26.7. The summed E-state index contributed by atoms with van der Waals surface area (Å²) in [6, 6.07) is 14.3. The van der Waals surface area contributed by atoms with E-state index in [4.69, 9.17) is 9.47 Å². The molecule has 43 heavy (non-hydrogen) atoms. The van der Waals surface area contributed by atoms with Crippen LogP contribution in [-0.2, 0) is 19.1 Å². The normalized spacial score (nSPS) is 33.2. The first-order chi connectivity index (χ1) is 20.6. The molecule has 2 aromatic rings. The number of thiophene rings is 1. The van der Waals surface area contributed by atoms with Gasteiger partial charge in [-0.25, -0.2) is 0 Å². The topological polar surface area (TPSA) is 52.6 Å². The van der Waals surface area contributed by atoms with Gasteiger partial charge in [-0.3, -0.25) is 9.59 Å². The number of rotatable bonds is 8. The van der Waals surface area contributed by atoms with Crippen molar-refractivity contribution in [2.45, 2.75) is 103 Å². The smallest absolute Gasteiger partial charge is 0.320 e. The predicted octanol–water partition coefficient (Wildman–Crippen LogP) is 9.61. The molecule has 0 radical (unpaired) electrons. The summed E-state index contributed by atoms with van der Waals surface area (Å²) >= 11 is 3.16. The Morgan fingerprint density at radius 2 is 1.35 bits per heavy atom. The van der Waals surface area contributed by atoms with Crippen LogP contribution in [0.1, 0.15) is 96.4 Å². The molecular weight excluding hydrogens is 573 g/mol. The lowest BCUT2D eigenvalue weighted by Gasteiger charge is -2.41. The van der Waals surface area contributed by atoms with E-state index in [1.165, 1.54) is 24.6 Å². The molecule has 2 fully saturated rings. The van der Waals surface area contributed by atoms with Crippen LogP contribution in [0.2, 0.25) is 0 Å². The van der Waals surface area contributed by atoms with Gasteiger partial charge in [-0.2, -0.15) is 0 Å². The van der Waals surface area contributed by atoms with Gasteiger partial charge < -0.3 is 9.47 Å². The average Bonchev–Trinajstić information content (AvgIpc) is 3.52. The minimum atomic E-state index is -0.677. The highest BCUT2D eigenvalue weighted by Gasteiger charge is 2.48. The van der Waals surface area contributed by atoms with Crippen LogP contribution in [0.25, 0.3) is 4.91 Å². The third-order valence-corrected chi connectivity index (χ3v) is 12.6. The highest BCUT2D eigenvalue weighted by molar-refractivity contribution is 8.09. The Bertz CT molecular complexity index is 1240. The van der Waals surface area contributed by atoms with Gasteiger partial charge in [0, 0.05) is 15.7 Å². The van der Waals surface area contributed by atoms with Gasteiger partial charge in [-0.15, -0.1) is 23.1 Å². The van der Waals surface area contributed by atoms with Crippen molar-refractivity contribution in [3.05, 3.63) is 64.4 Å². The lowest BCUT2D eigenvalue weighted by atomic mass is 9.75. The first kappa shape index (κ1) is 32.3. The summed E-state index contributed by atoms with van der Waals surface area (Å²) < 4.78 is 13.0. The number of benzene rings is 1. The van der Waals surface area contributed by atoms with Gasteiger partial charge in [0.1, 0.15) is 17.5 Å². The maximum atomic E-state index is 14.5. The van der Waals surface area contributed by atoms with Crippen molar-refractivity contribution in [1.82, 2.24) is 0 Å². The molecular formula is C37H50O4S2. The van der Waals surface area contributed by atoms with Gasteiger partial charge in [-0.1, -0.05) is 96.9 Å². The maximum absolute atomic E-state index is 14.5. The van der Waals surface area contributed by atoms with Gasteiger partial charge in [0.15, 0.2) is 0 Å². The molecule has 0 bridgehead atoms. The van der Waals surface area contributed by atoms with Gasteiger partial charge in [0.25, 0.3) is 0 Å². The molecule has 0 N–H and O–H groups in total. The third-order valence-electron chi connectivity index (χ3n) is 10.2. The monoisotopic (exact) mass is 622 g/mol. The molecule has 6 heteroatoms. The molecule has 0 amide bonds. The van der Waals surface area contributed by atoms with Crippen molar-refractivity contribution < 1.29 is 19.1 Å². The maximum Gasteiger partial charge on any atom is 0.320 e. The van der Waals surface area contributed by atoms with E-state index in [1.807, 2.05) is 24.3 Å². The van der Waals surface area contributed by atoms with Crippen LogP contribution in [0.3, 0.4) is 0 Å². The van der Waals surface area contributed by atoms with Gasteiger partial charge in [-0.05, 0) is 78.2 Å². The Morgan fingerprint density at radius 1 is 0.767 bits per heavy atom. The van der Waals surface area contributed by atoms with Crippen molar-refractivity contribution in [2.24, 2.45) is 41.4 Å². The third kappa shape index (κ3) is 7.61. The summed E-state index contributed by atoms with van der Waals surface area (Å²) in [5, 5.41) is 1.39. The number of carbonyl (C=O) groups is 2. The van der Waals surface area contributed by atoms with E-state index >= 15 is 0 Å². The molecule has 0 saturated heterocycles. The number of carbonyl (C=O) groups excluding carboxylic acids is 2. The quantitative estimate of drug-likeness (QED) is 0.274. The largest absolute Gasteiger partial charge is 0.462 e. The number of hydrogen-bond donors (Lipinski definition) is 0. The Morgan fingerprint density at radius 3 is 1.88 bits per heavy atom. The molecule has 1 aliphatic heterocycles. The van der Waals surface area contributed by atoms with E-state index in [1.54, 1.807) is 11.3 Å². The molecule has 2 aliphatic carbocycles. The first-order valence-electron chi connectivity index (χ1n) is 16.5. The summed E-state index contributed by atoms with van der Waals surface area (Å²) in [4.78, 5) is 31.0. The fourth-order valence-corrected chi connectivity index (χ4v) is 9.85.